The zero-order valence-electron chi connectivity index (χ0n) is 9.35. The summed E-state index contributed by atoms with van der Waals surface area (Å²) in [5.74, 6) is 2.72. The number of nitriles is 1. The van der Waals surface area contributed by atoms with Crippen molar-refractivity contribution in [3.63, 3.8) is 0 Å². The molecule has 86 valence electrons. The molecule has 2 aromatic carbocycles. The van der Waals surface area contributed by atoms with E-state index in [0.717, 1.165) is 0 Å². The quantitative estimate of drug-likeness (QED) is 0.749. The van der Waals surface area contributed by atoms with Crippen LogP contribution in [0.3, 0.4) is 0 Å². The topological polar surface area (TPSA) is 33.0 Å². The fraction of sp³-hybridized carbons (Fsp3) is 0. The Kier molecular flexibility index (Phi) is 3.27. The highest BCUT2D eigenvalue weighted by Gasteiger charge is 2.06. The molecular weight excluding hydrogens is 229 g/mol. The van der Waals surface area contributed by atoms with Gasteiger partial charge in [-0.1, -0.05) is 12.0 Å². The molecule has 2 aromatic rings. The van der Waals surface area contributed by atoms with Crippen molar-refractivity contribution in [2.45, 2.75) is 0 Å². The summed E-state index contributed by atoms with van der Waals surface area (Å²) in [5.41, 5.74) is 0.910. The van der Waals surface area contributed by atoms with Gasteiger partial charge in [-0.25, -0.2) is 4.39 Å². The van der Waals surface area contributed by atoms with E-state index in [4.69, 9.17) is 16.4 Å². The molecule has 0 aliphatic rings. The lowest BCUT2D eigenvalue weighted by Crippen LogP contribution is -1.90. The van der Waals surface area contributed by atoms with Crippen molar-refractivity contribution in [1.82, 2.24) is 0 Å². The Morgan fingerprint density at radius 3 is 2.67 bits per heavy atom. The van der Waals surface area contributed by atoms with Crippen LogP contribution in [0.25, 0.3) is 0 Å². The van der Waals surface area contributed by atoms with Gasteiger partial charge in [-0.2, -0.15) is 5.26 Å². The number of hydrogen-bond donors (Lipinski definition) is 0. The Labute approximate surface area is 104 Å². The number of hydrogen-bond acceptors (Lipinski definition) is 2. The molecule has 0 aliphatic carbocycles. The molecule has 0 fully saturated rings. The van der Waals surface area contributed by atoms with Crippen LogP contribution in [0.5, 0.6) is 11.5 Å². The largest absolute Gasteiger partial charge is 0.456 e. The highest BCUT2D eigenvalue weighted by atomic mass is 19.1. The van der Waals surface area contributed by atoms with Crippen molar-refractivity contribution in [2.24, 2.45) is 0 Å². The van der Waals surface area contributed by atoms with Crippen molar-refractivity contribution >= 4 is 0 Å². The lowest BCUT2D eigenvalue weighted by Gasteiger charge is -2.07. The van der Waals surface area contributed by atoms with Crippen LogP contribution in [0.1, 0.15) is 11.1 Å². The number of benzene rings is 2. The fourth-order valence-corrected chi connectivity index (χ4v) is 1.45. The van der Waals surface area contributed by atoms with Gasteiger partial charge in [-0.05, 0) is 30.3 Å². The maximum Gasteiger partial charge on any atom is 0.145 e. The first-order chi connectivity index (χ1) is 8.72. The van der Waals surface area contributed by atoms with E-state index in [1.54, 1.807) is 24.3 Å². The van der Waals surface area contributed by atoms with Gasteiger partial charge in [0, 0.05) is 11.6 Å². The standard InChI is InChI=1S/C15H8FNO/c1-2-11-6-7-15(12(8-11)10-17)18-14-5-3-4-13(16)9-14/h1,3-9H. The van der Waals surface area contributed by atoms with Crippen LogP contribution >= 0.6 is 0 Å². The van der Waals surface area contributed by atoms with Gasteiger partial charge in [0.15, 0.2) is 0 Å². The molecule has 0 saturated carbocycles. The normalized spacial score (nSPS) is 9.28. The highest BCUT2D eigenvalue weighted by Crippen LogP contribution is 2.26. The molecule has 3 heteroatoms. The molecule has 0 unspecified atom stereocenters. The molecule has 0 N–H and O–H groups in total. The summed E-state index contributed by atoms with van der Waals surface area (Å²) in [6, 6.07) is 12.5. The number of ether oxygens (including phenoxy) is 1. The Morgan fingerprint density at radius 1 is 1.17 bits per heavy atom. The first kappa shape index (κ1) is 11.7. The van der Waals surface area contributed by atoms with Gasteiger partial charge in [0.25, 0.3) is 0 Å². The average Bonchev–Trinajstić information content (AvgIpc) is 2.39. The summed E-state index contributed by atoms with van der Waals surface area (Å²) in [6.45, 7) is 0. The first-order valence-electron chi connectivity index (χ1n) is 5.17. The zero-order valence-corrected chi connectivity index (χ0v) is 9.35. The van der Waals surface area contributed by atoms with Gasteiger partial charge < -0.3 is 4.74 Å². The number of nitrogens with zero attached hydrogens (tertiary/aromatic N) is 1. The molecule has 0 saturated heterocycles. The smallest absolute Gasteiger partial charge is 0.145 e. The van der Waals surface area contributed by atoms with Crippen molar-refractivity contribution in [3.05, 3.63) is 59.4 Å². The molecule has 0 aromatic heterocycles. The summed E-state index contributed by atoms with van der Waals surface area (Å²) in [4.78, 5) is 0. The Balaban J connectivity index is 2.36. The van der Waals surface area contributed by atoms with Gasteiger partial charge in [-0.3, -0.25) is 0 Å². The maximum absolute atomic E-state index is 13.0. The van der Waals surface area contributed by atoms with Crippen molar-refractivity contribution in [1.29, 1.82) is 5.26 Å². The summed E-state index contributed by atoms with van der Waals surface area (Å²) < 4.78 is 18.4. The van der Waals surface area contributed by atoms with Crippen molar-refractivity contribution < 1.29 is 9.13 Å². The van der Waals surface area contributed by atoms with Crippen molar-refractivity contribution in [2.75, 3.05) is 0 Å². The molecule has 2 nitrogen and oxygen atoms in total. The third kappa shape index (κ3) is 2.48. The van der Waals surface area contributed by atoms with Crippen LogP contribution in [-0.4, -0.2) is 0 Å². The number of terminal acetylenes is 1. The van der Waals surface area contributed by atoms with Crippen LogP contribution in [-0.2, 0) is 0 Å². The minimum absolute atomic E-state index is 0.315. The molecule has 18 heavy (non-hydrogen) atoms. The minimum atomic E-state index is -0.397. The lowest BCUT2D eigenvalue weighted by atomic mass is 10.1. The molecule has 0 radical (unpaired) electrons. The zero-order chi connectivity index (χ0) is 13.0. The molecule has 0 amide bonds. The van der Waals surface area contributed by atoms with Gasteiger partial charge in [-0.15, -0.1) is 6.42 Å². The number of halogens is 1. The lowest BCUT2D eigenvalue weighted by molar-refractivity contribution is 0.475. The van der Waals surface area contributed by atoms with E-state index in [0.29, 0.717) is 22.6 Å². The van der Waals surface area contributed by atoms with Crippen LogP contribution in [0.4, 0.5) is 4.39 Å². The van der Waals surface area contributed by atoms with E-state index in [1.807, 2.05) is 6.07 Å². The van der Waals surface area contributed by atoms with Crippen LogP contribution < -0.4 is 4.74 Å². The van der Waals surface area contributed by atoms with Gasteiger partial charge >= 0.3 is 0 Å². The molecule has 2 rings (SSSR count). The van der Waals surface area contributed by atoms with E-state index < -0.39 is 5.82 Å². The molecule has 0 bridgehead atoms. The maximum atomic E-state index is 13.0. The third-order valence-corrected chi connectivity index (χ3v) is 2.29. The van der Waals surface area contributed by atoms with Gasteiger partial charge in [0.05, 0.1) is 5.56 Å². The predicted molar refractivity (Wildman–Crippen MR) is 65.6 cm³/mol. The fourth-order valence-electron chi connectivity index (χ4n) is 1.45. The Hall–Kier alpha value is -2.78. The molecule has 0 atom stereocenters. The van der Waals surface area contributed by atoms with E-state index in [2.05, 4.69) is 5.92 Å². The second-order valence-electron chi connectivity index (χ2n) is 3.53. The predicted octanol–water partition coefficient (Wildman–Crippen LogP) is 3.47. The van der Waals surface area contributed by atoms with Crippen LogP contribution in [0, 0.1) is 29.5 Å². The van der Waals surface area contributed by atoms with Crippen LogP contribution in [0.15, 0.2) is 42.5 Å². The van der Waals surface area contributed by atoms with E-state index in [-0.39, 0.29) is 0 Å². The summed E-state index contributed by atoms with van der Waals surface area (Å²) in [7, 11) is 0. The Morgan fingerprint density at radius 2 is 2.00 bits per heavy atom. The second kappa shape index (κ2) is 5.03. The molecule has 0 spiro atoms. The van der Waals surface area contributed by atoms with Crippen molar-refractivity contribution in [3.8, 4) is 29.9 Å². The SMILES string of the molecule is C#Cc1ccc(Oc2cccc(F)c2)c(C#N)c1. The molecule has 0 aliphatic heterocycles. The average molecular weight is 237 g/mol. The summed E-state index contributed by atoms with van der Waals surface area (Å²) in [5, 5.41) is 9.00. The summed E-state index contributed by atoms with van der Waals surface area (Å²) >= 11 is 0. The third-order valence-electron chi connectivity index (χ3n) is 2.29. The molecule has 0 heterocycles. The van der Waals surface area contributed by atoms with E-state index in [9.17, 15) is 4.39 Å². The monoisotopic (exact) mass is 237 g/mol. The Bertz CT molecular complexity index is 665. The van der Waals surface area contributed by atoms with E-state index >= 15 is 0 Å². The first-order valence-corrected chi connectivity index (χ1v) is 5.17. The van der Waals surface area contributed by atoms with Gasteiger partial charge in [0.2, 0.25) is 0 Å². The molecular formula is C15H8FNO. The summed E-state index contributed by atoms with van der Waals surface area (Å²) in [6.07, 6.45) is 5.25. The van der Waals surface area contributed by atoms with Crippen LogP contribution in [0.2, 0.25) is 0 Å². The van der Waals surface area contributed by atoms with Gasteiger partial charge in [0.1, 0.15) is 23.4 Å². The highest BCUT2D eigenvalue weighted by molar-refractivity contribution is 5.50. The van der Waals surface area contributed by atoms with E-state index in [1.165, 1.54) is 18.2 Å². The minimum Gasteiger partial charge on any atom is -0.456 e. The number of rotatable bonds is 2. The second-order valence-corrected chi connectivity index (χ2v) is 3.53.